The minimum Gasteiger partial charge on any atom is -0.324 e. The summed E-state index contributed by atoms with van der Waals surface area (Å²) in [5.41, 5.74) is 1.98. The van der Waals surface area contributed by atoms with Crippen LogP contribution in [0.2, 0.25) is 5.15 Å². The van der Waals surface area contributed by atoms with Crippen LogP contribution in [0.5, 0.6) is 0 Å². The number of nitrogens with one attached hydrogen (secondary N) is 1. The summed E-state index contributed by atoms with van der Waals surface area (Å²) < 4.78 is 13.0. The largest absolute Gasteiger partial charge is 0.324 e. The highest BCUT2D eigenvalue weighted by atomic mass is 35.5. The van der Waals surface area contributed by atoms with Crippen LogP contribution in [0.3, 0.4) is 0 Å². The van der Waals surface area contributed by atoms with Crippen LogP contribution in [0.25, 0.3) is 0 Å². The Balaban J connectivity index is 2.03. The second-order valence-corrected chi connectivity index (χ2v) is 4.54. The number of aromatic nitrogens is 1. The minimum atomic E-state index is -0.352. The van der Waals surface area contributed by atoms with E-state index in [2.05, 4.69) is 10.3 Å². The van der Waals surface area contributed by atoms with Gasteiger partial charge < -0.3 is 5.32 Å². The number of carbonyl (C=O) groups is 1. The van der Waals surface area contributed by atoms with Gasteiger partial charge in [-0.05, 0) is 36.2 Å². The van der Waals surface area contributed by atoms with Gasteiger partial charge in [0.2, 0.25) is 5.91 Å². The zero-order valence-corrected chi connectivity index (χ0v) is 11.0. The second-order valence-electron chi connectivity index (χ2n) is 4.19. The molecule has 0 saturated heterocycles. The molecule has 1 heterocycles. The maximum atomic E-state index is 13.0. The predicted molar refractivity (Wildman–Crippen MR) is 72.7 cm³/mol. The number of halogens is 2. The van der Waals surface area contributed by atoms with E-state index in [9.17, 15) is 9.18 Å². The number of nitrogens with zero attached hydrogens (tertiary/aromatic N) is 1. The second kappa shape index (κ2) is 5.80. The van der Waals surface area contributed by atoms with Crippen molar-refractivity contribution in [3.8, 4) is 0 Å². The standard InChI is InChI=1S/C14H12ClFN2O/c1-9-5-12(8-17-14(9)15)18-13(19)7-10-3-2-4-11(16)6-10/h2-6,8H,7H2,1H3,(H,18,19). The molecular weight excluding hydrogens is 267 g/mol. The molecule has 0 radical (unpaired) electrons. The SMILES string of the molecule is Cc1cc(NC(=O)Cc2cccc(F)c2)cnc1Cl. The maximum Gasteiger partial charge on any atom is 0.228 e. The van der Waals surface area contributed by atoms with E-state index >= 15 is 0 Å². The van der Waals surface area contributed by atoms with E-state index in [4.69, 9.17) is 11.6 Å². The lowest BCUT2D eigenvalue weighted by molar-refractivity contribution is -0.115. The predicted octanol–water partition coefficient (Wildman–Crippen LogP) is 3.36. The van der Waals surface area contributed by atoms with E-state index in [1.54, 1.807) is 25.1 Å². The van der Waals surface area contributed by atoms with Crippen LogP contribution in [0, 0.1) is 12.7 Å². The average Bonchev–Trinajstić information content (AvgIpc) is 2.34. The first-order valence-corrected chi connectivity index (χ1v) is 6.09. The Kier molecular flexibility index (Phi) is 4.12. The lowest BCUT2D eigenvalue weighted by Crippen LogP contribution is -2.14. The number of amides is 1. The molecule has 0 aliphatic rings. The molecule has 0 aliphatic carbocycles. The quantitative estimate of drug-likeness (QED) is 0.875. The molecule has 1 amide bonds. The van der Waals surface area contributed by atoms with Crippen molar-refractivity contribution >= 4 is 23.2 Å². The molecule has 0 aliphatic heterocycles. The maximum absolute atomic E-state index is 13.0. The first kappa shape index (κ1) is 13.5. The summed E-state index contributed by atoms with van der Waals surface area (Å²) >= 11 is 5.80. The van der Waals surface area contributed by atoms with Crippen molar-refractivity contribution in [2.24, 2.45) is 0 Å². The fourth-order valence-corrected chi connectivity index (χ4v) is 1.77. The summed E-state index contributed by atoms with van der Waals surface area (Å²) in [5, 5.41) is 3.10. The molecule has 3 nitrogen and oxygen atoms in total. The van der Waals surface area contributed by atoms with Gasteiger partial charge in [-0.25, -0.2) is 9.37 Å². The smallest absolute Gasteiger partial charge is 0.228 e. The summed E-state index contributed by atoms with van der Waals surface area (Å²) in [6.07, 6.45) is 1.60. The molecule has 1 aromatic carbocycles. The molecule has 0 fully saturated rings. The van der Waals surface area contributed by atoms with Gasteiger partial charge >= 0.3 is 0 Å². The van der Waals surface area contributed by atoms with E-state index in [-0.39, 0.29) is 18.1 Å². The third-order valence-corrected chi connectivity index (χ3v) is 2.95. The van der Waals surface area contributed by atoms with Crippen LogP contribution >= 0.6 is 11.6 Å². The molecule has 19 heavy (non-hydrogen) atoms. The topological polar surface area (TPSA) is 42.0 Å². The molecule has 2 aromatic rings. The third-order valence-electron chi connectivity index (χ3n) is 2.55. The summed E-state index contributed by atoms with van der Waals surface area (Å²) in [6.45, 7) is 1.80. The number of aryl methyl sites for hydroxylation is 1. The number of hydrogen-bond donors (Lipinski definition) is 1. The molecule has 0 atom stereocenters. The van der Waals surface area contributed by atoms with E-state index in [1.165, 1.54) is 18.3 Å². The van der Waals surface area contributed by atoms with Crippen molar-refractivity contribution in [3.63, 3.8) is 0 Å². The Hall–Kier alpha value is -1.94. The highest BCUT2D eigenvalue weighted by Gasteiger charge is 2.06. The van der Waals surface area contributed by atoms with Crippen LogP contribution in [0.4, 0.5) is 10.1 Å². The summed E-state index contributed by atoms with van der Waals surface area (Å²) in [6, 6.07) is 7.69. The fraction of sp³-hybridized carbons (Fsp3) is 0.143. The fourth-order valence-electron chi connectivity index (χ4n) is 1.66. The van der Waals surface area contributed by atoms with Crippen molar-refractivity contribution in [1.82, 2.24) is 4.98 Å². The number of rotatable bonds is 3. The van der Waals surface area contributed by atoms with Crippen molar-refractivity contribution in [1.29, 1.82) is 0 Å². The molecule has 0 spiro atoms. The Labute approximate surface area is 115 Å². The van der Waals surface area contributed by atoms with E-state index in [0.717, 1.165) is 5.56 Å². The first-order chi connectivity index (χ1) is 9.04. The lowest BCUT2D eigenvalue weighted by atomic mass is 10.1. The molecule has 0 unspecified atom stereocenters. The number of pyridine rings is 1. The normalized spacial score (nSPS) is 10.3. The highest BCUT2D eigenvalue weighted by molar-refractivity contribution is 6.30. The highest BCUT2D eigenvalue weighted by Crippen LogP contribution is 2.16. The van der Waals surface area contributed by atoms with E-state index in [0.29, 0.717) is 16.4 Å². The number of carbonyl (C=O) groups excluding carboxylic acids is 1. The van der Waals surface area contributed by atoms with Crippen molar-refractivity contribution in [2.45, 2.75) is 13.3 Å². The number of anilines is 1. The van der Waals surface area contributed by atoms with Crippen LogP contribution in [-0.2, 0) is 11.2 Å². The molecule has 2 rings (SSSR count). The van der Waals surface area contributed by atoms with Crippen molar-refractivity contribution < 1.29 is 9.18 Å². The molecule has 0 bridgehead atoms. The molecule has 1 N–H and O–H groups in total. The van der Waals surface area contributed by atoms with Gasteiger partial charge in [0, 0.05) is 0 Å². The molecule has 0 saturated carbocycles. The Morgan fingerprint density at radius 2 is 2.21 bits per heavy atom. The minimum absolute atomic E-state index is 0.111. The monoisotopic (exact) mass is 278 g/mol. The van der Waals surface area contributed by atoms with Gasteiger partial charge in [-0.1, -0.05) is 23.7 Å². The lowest BCUT2D eigenvalue weighted by Gasteiger charge is -2.06. The Morgan fingerprint density at radius 3 is 2.89 bits per heavy atom. The summed E-state index contributed by atoms with van der Waals surface area (Å²) in [5.74, 6) is -0.580. The third kappa shape index (κ3) is 3.76. The summed E-state index contributed by atoms with van der Waals surface area (Å²) in [7, 11) is 0. The van der Waals surface area contributed by atoms with Gasteiger partial charge in [0.25, 0.3) is 0 Å². The van der Waals surface area contributed by atoms with Gasteiger partial charge in [0.15, 0.2) is 0 Å². The Bertz CT molecular complexity index is 616. The van der Waals surface area contributed by atoms with E-state index in [1.807, 2.05) is 0 Å². The van der Waals surface area contributed by atoms with Crippen LogP contribution in [0.1, 0.15) is 11.1 Å². The van der Waals surface area contributed by atoms with Crippen LogP contribution in [-0.4, -0.2) is 10.9 Å². The zero-order chi connectivity index (χ0) is 13.8. The summed E-state index contributed by atoms with van der Waals surface area (Å²) in [4.78, 5) is 15.7. The first-order valence-electron chi connectivity index (χ1n) is 5.71. The van der Waals surface area contributed by atoms with Gasteiger partial charge in [0.05, 0.1) is 18.3 Å². The van der Waals surface area contributed by atoms with Gasteiger partial charge in [-0.2, -0.15) is 0 Å². The average molecular weight is 279 g/mol. The Morgan fingerprint density at radius 1 is 1.42 bits per heavy atom. The van der Waals surface area contributed by atoms with Gasteiger partial charge in [0.1, 0.15) is 11.0 Å². The molecule has 1 aromatic heterocycles. The van der Waals surface area contributed by atoms with Crippen LogP contribution in [0.15, 0.2) is 36.5 Å². The number of hydrogen-bond acceptors (Lipinski definition) is 2. The van der Waals surface area contributed by atoms with Crippen molar-refractivity contribution in [3.05, 3.63) is 58.6 Å². The molecule has 98 valence electrons. The zero-order valence-electron chi connectivity index (χ0n) is 10.3. The van der Waals surface area contributed by atoms with Gasteiger partial charge in [-0.3, -0.25) is 4.79 Å². The molecule has 5 heteroatoms. The van der Waals surface area contributed by atoms with Gasteiger partial charge in [-0.15, -0.1) is 0 Å². The molecular formula is C14H12ClFN2O. The van der Waals surface area contributed by atoms with E-state index < -0.39 is 0 Å². The van der Waals surface area contributed by atoms with Crippen LogP contribution < -0.4 is 5.32 Å². The van der Waals surface area contributed by atoms with Crippen molar-refractivity contribution in [2.75, 3.05) is 5.32 Å². The number of benzene rings is 1.